The third kappa shape index (κ3) is 3.54. The molecule has 3 rings (SSSR count). The lowest BCUT2D eigenvalue weighted by atomic mass is 10.1. The van der Waals surface area contributed by atoms with E-state index in [0.717, 1.165) is 16.8 Å². The Morgan fingerprint density at radius 1 is 1.32 bits per heavy atom. The van der Waals surface area contributed by atoms with Crippen molar-refractivity contribution in [2.45, 2.75) is 6.92 Å². The third-order valence-electron chi connectivity index (χ3n) is 3.72. The van der Waals surface area contributed by atoms with Gasteiger partial charge in [0.2, 0.25) is 0 Å². The van der Waals surface area contributed by atoms with Crippen LogP contribution in [0.4, 0.5) is 5.69 Å². The van der Waals surface area contributed by atoms with Crippen molar-refractivity contribution in [3.8, 4) is 11.5 Å². The van der Waals surface area contributed by atoms with Crippen LogP contribution < -0.4 is 9.64 Å². The predicted molar refractivity (Wildman–Crippen MR) is 114 cm³/mol. The lowest BCUT2D eigenvalue weighted by molar-refractivity contribution is -0.113. The van der Waals surface area contributed by atoms with Gasteiger partial charge in [-0.15, -0.1) is 0 Å². The minimum absolute atomic E-state index is 0.0905. The Bertz CT molecular complexity index is 911. The van der Waals surface area contributed by atoms with Crippen LogP contribution in [0.3, 0.4) is 0 Å². The van der Waals surface area contributed by atoms with Crippen LogP contribution in [0.1, 0.15) is 11.1 Å². The summed E-state index contributed by atoms with van der Waals surface area (Å²) in [6.45, 7) is 1.95. The molecule has 0 unspecified atom stereocenters. The molecule has 4 nitrogen and oxygen atoms in total. The van der Waals surface area contributed by atoms with Crippen LogP contribution in [-0.2, 0) is 4.79 Å². The number of aryl methyl sites for hydroxylation is 1. The fourth-order valence-electron chi connectivity index (χ4n) is 2.47. The van der Waals surface area contributed by atoms with E-state index >= 15 is 0 Å². The van der Waals surface area contributed by atoms with Crippen molar-refractivity contribution in [2.75, 3.05) is 12.0 Å². The molecule has 1 aliphatic rings. The number of aromatic hydroxyl groups is 1. The van der Waals surface area contributed by atoms with E-state index < -0.39 is 0 Å². The van der Waals surface area contributed by atoms with Gasteiger partial charge in [-0.1, -0.05) is 42.2 Å². The number of anilines is 1. The lowest BCUT2D eigenvalue weighted by Gasteiger charge is -2.16. The second-order valence-electron chi connectivity index (χ2n) is 5.36. The van der Waals surface area contributed by atoms with E-state index in [1.807, 2.05) is 53.8 Å². The normalized spacial score (nSPS) is 16.0. The number of carbonyl (C=O) groups excluding carboxylic acids is 1. The van der Waals surface area contributed by atoms with Crippen LogP contribution in [0.5, 0.6) is 11.5 Å². The number of para-hydroxylation sites is 1. The number of ether oxygens (including phenoxy) is 1. The van der Waals surface area contributed by atoms with Gasteiger partial charge in [0.25, 0.3) is 5.91 Å². The van der Waals surface area contributed by atoms with Crippen molar-refractivity contribution in [3.05, 3.63) is 56.0 Å². The molecule has 1 saturated heterocycles. The number of nitrogens with zero attached hydrogens (tertiary/aromatic N) is 1. The Morgan fingerprint density at radius 3 is 2.72 bits per heavy atom. The Kier molecular flexibility index (Phi) is 5.35. The zero-order valence-corrected chi connectivity index (χ0v) is 17.2. The van der Waals surface area contributed by atoms with Gasteiger partial charge in [-0.3, -0.25) is 9.69 Å². The summed E-state index contributed by atoms with van der Waals surface area (Å²) in [4.78, 5) is 14.9. The van der Waals surface area contributed by atoms with Crippen LogP contribution in [-0.4, -0.2) is 22.4 Å². The molecule has 1 N–H and O–H groups in total. The van der Waals surface area contributed by atoms with Gasteiger partial charge in [0.1, 0.15) is 0 Å². The van der Waals surface area contributed by atoms with Gasteiger partial charge in [-0.25, -0.2) is 0 Å². The first-order valence-corrected chi connectivity index (χ1v) is 9.63. The molecule has 128 valence electrons. The molecule has 0 spiro atoms. The van der Waals surface area contributed by atoms with Gasteiger partial charge in [0.15, 0.2) is 15.8 Å². The van der Waals surface area contributed by atoms with Gasteiger partial charge in [0.05, 0.1) is 21.3 Å². The van der Waals surface area contributed by atoms with Crippen LogP contribution in [0.15, 0.2) is 41.3 Å². The molecule has 0 atom stereocenters. The molecule has 1 fully saturated rings. The number of rotatable bonds is 3. The number of phenolic OH excluding ortho intramolecular Hbond substituents is 1. The smallest absolute Gasteiger partial charge is 0.270 e. The van der Waals surface area contributed by atoms with Crippen molar-refractivity contribution >= 4 is 68.6 Å². The maximum Gasteiger partial charge on any atom is 0.270 e. The molecule has 0 aliphatic carbocycles. The lowest BCUT2D eigenvalue weighted by Crippen LogP contribution is -2.28. The summed E-state index contributed by atoms with van der Waals surface area (Å²) in [5.74, 6) is 0.312. The topological polar surface area (TPSA) is 49.8 Å². The second-order valence-corrected chi connectivity index (χ2v) is 8.20. The average Bonchev–Trinajstić information content (AvgIpc) is 2.85. The third-order valence-corrected chi connectivity index (χ3v) is 5.84. The van der Waals surface area contributed by atoms with E-state index in [1.54, 1.807) is 23.1 Å². The Labute approximate surface area is 169 Å². The molecule has 0 aromatic heterocycles. The molecule has 1 amide bonds. The fraction of sp³-hybridized carbons (Fsp3) is 0.111. The minimum atomic E-state index is -0.147. The number of thiocarbonyl (C=S) groups is 1. The SMILES string of the molecule is COc1cc(C=C2SC(=S)N(c3ccccc3C)C2=O)cc(I)c1O. The van der Waals surface area contributed by atoms with Crippen LogP contribution in [0.25, 0.3) is 6.08 Å². The predicted octanol–water partition coefficient (Wildman–Crippen LogP) is 4.72. The summed E-state index contributed by atoms with van der Waals surface area (Å²) < 4.78 is 6.33. The minimum Gasteiger partial charge on any atom is -0.504 e. The number of hydrogen-bond acceptors (Lipinski definition) is 5. The highest BCUT2D eigenvalue weighted by Gasteiger charge is 2.34. The summed E-state index contributed by atoms with van der Waals surface area (Å²) in [7, 11) is 1.49. The number of halogens is 1. The van der Waals surface area contributed by atoms with Gasteiger partial charge in [-0.2, -0.15) is 0 Å². The highest BCUT2D eigenvalue weighted by atomic mass is 127. The van der Waals surface area contributed by atoms with E-state index in [0.29, 0.717) is 18.5 Å². The Morgan fingerprint density at radius 2 is 2.04 bits per heavy atom. The highest BCUT2D eigenvalue weighted by molar-refractivity contribution is 14.1. The molecule has 0 radical (unpaired) electrons. The molecule has 1 heterocycles. The Balaban J connectivity index is 1.99. The molecular formula is C18H14INO3S2. The monoisotopic (exact) mass is 483 g/mol. The first kappa shape index (κ1) is 18.2. The molecule has 25 heavy (non-hydrogen) atoms. The van der Waals surface area contributed by atoms with E-state index in [1.165, 1.54) is 18.9 Å². The molecule has 2 aromatic rings. The van der Waals surface area contributed by atoms with Crippen molar-refractivity contribution in [1.29, 1.82) is 0 Å². The number of amides is 1. The first-order valence-electron chi connectivity index (χ1n) is 7.32. The number of carbonyl (C=O) groups is 1. The number of hydrogen-bond donors (Lipinski definition) is 1. The van der Waals surface area contributed by atoms with Gasteiger partial charge < -0.3 is 9.84 Å². The number of benzene rings is 2. The molecule has 1 aliphatic heterocycles. The van der Waals surface area contributed by atoms with Crippen molar-refractivity contribution in [2.24, 2.45) is 0 Å². The number of thioether (sulfide) groups is 1. The zero-order chi connectivity index (χ0) is 18.1. The first-order chi connectivity index (χ1) is 11.9. The maximum absolute atomic E-state index is 12.8. The van der Waals surface area contributed by atoms with Crippen LogP contribution in [0, 0.1) is 10.5 Å². The van der Waals surface area contributed by atoms with Gasteiger partial charge in [0, 0.05) is 0 Å². The maximum atomic E-state index is 12.8. The highest BCUT2D eigenvalue weighted by Crippen LogP contribution is 2.39. The number of methoxy groups -OCH3 is 1. The quantitative estimate of drug-likeness (QED) is 0.389. The van der Waals surface area contributed by atoms with E-state index in [-0.39, 0.29) is 11.7 Å². The van der Waals surface area contributed by atoms with Crippen molar-refractivity contribution in [1.82, 2.24) is 0 Å². The summed E-state index contributed by atoms with van der Waals surface area (Å²) >= 11 is 8.70. The van der Waals surface area contributed by atoms with Gasteiger partial charge >= 0.3 is 0 Å². The second kappa shape index (κ2) is 7.35. The standard InChI is InChI=1S/C18H14INO3S2/c1-10-5-3-4-6-13(10)20-17(22)15(25-18(20)24)9-11-7-12(19)16(21)14(8-11)23-2/h3-9,21H,1-2H3. The van der Waals surface area contributed by atoms with Gasteiger partial charge in [-0.05, 0) is 64.9 Å². The number of phenols is 1. The summed E-state index contributed by atoms with van der Waals surface area (Å²) in [6, 6.07) is 11.1. The summed E-state index contributed by atoms with van der Waals surface area (Å²) in [6.07, 6.45) is 1.77. The van der Waals surface area contributed by atoms with Crippen LogP contribution in [0.2, 0.25) is 0 Å². The van der Waals surface area contributed by atoms with Crippen molar-refractivity contribution < 1.29 is 14.6 Å². The summed E-state index contributed by atoms with van der Waals surface area (Å²) in [5, 5.41) is 9.94. The van der Waals surface area contributed by atoms with Crippen molar-refractivity contribution in [3.63, 3.8) is 0 Å². The Hall–Kier alpha value is -1.58. The fourth-order valence-corrected chi connectivity index (χ4v) is 4.38. The molecular weight excluding hydrogens is 469 g/mol. The molecule has 0 saturated carbocycles. The zero-order valence-electron chi connectivity index (χ0n) is 13.4. The average molecular weight is 483 g/mol. The molecule has 7 heteroatoms. The molecule has 2 aromatic carbocycles. The summed E-state index contributed by atoms with van der Waals surface area (Å²) in [5.41, 5.74) is 2.55. The molecule has 0 bridgehead atoms. The van der Waals surface area contributed by atoms with E-state index in [9.17, 15) is 9.90 Å². The van der Waals surface area contributed by atoms with E-state index in [2.05, 4.69) is 0 Å². The largest absolute Gasteiger partial charge is 0.504 e. The van der Waals surface area contributed by atoms with Crippen LogP contribution >= 0.6 is 46.6 Å². The van der Waals surface area contributed by atoms with E-state index in [4.69, 9.17) is 17.0 Å².